The van der Waals surface area contributed by atoms with Crippen molar-refractivity contribution in [3.8, 4) is 0 Å². The molecule has 1 aromatic heterocycles. The van der Waals surface area contributed by atoms with Gasteiger partial charge in [-0.1, -0.05) is 49.4 Å². The fourth-order valence-corrected chi connectivity index (χ4v) is 3.73. The molecule has 138 valence electrons. The normalized spacial score (nSPS) is 15.3. The zero-order valence-corrected chi connectivity index (χ0v) is 16.2. The number of para-hydroxylation sites is 1. The Hall–Kier alpha value is -2.88. The highest BCUT2D eigenvalue weighted by molar-refractivity contribution is 5.57. The number of anilines is 3. The average Bonchev–Trinajstić information content (AvgIpc) is 2.67. The van der Waals surface area contributed by atoms with E-state index >= 15 is 0 Å². The number of hydrogen-bond donors (Lipinski definition) is 1. The number of aromatic nitrogens is 2. The molecule has 0 radical (unpaired) electrons. The van der Waals surface area contributed by atoms with E-state index in [-0.39, 0.29) is 5.54 Å². The standard InChI is InChI=1S/C23H26N4/c1-4-19-14-21(26-22(24-19)25-20-12-6-5-7-13-20)27-16-18-11-9-8-10-17(18)15-23(27,2)3/h5-14H,4,15-16H2,1-3H3,(H,24,25,26). The van der Waals surface area contributed by atoms with Gasteiger partial charge in [-0.15, -0.1) is 0 Å². The molecule has 0 bridgehead atoms. The van der Waals surface area contributed by atoms with Gasteiger partial charge in [0.2, 0.25) is 5.95 Å². The predicted molar refractivity (Wildman–Crippen MR) is 112 cm³/mol. The zero-order valence-electron chi connectivity index (χ0n) is 16.2. The van der Waals surface area contributed by atoms with Gasteiger partial charge in [0.1, 0.15) is 5.82 Å². The largest absolute Gasteiger partial charge is 0.347 e. The third kappa shape index (κ3) is 3.65. The fourth-order valence-electron chi connectivity index (χ4n) is 3.73. The number of nitrogens with one attached hydrogen (secondary N) is 1. The molecule has 2 heterocycles. The van der Waals surface area contributed by atoms with Crippen LogP contribution in [0.5, 0.6) is 0 Å². The molecule has 0 saturated carbocycles. The van der Waals surface area contributed by atoms with Crippen LogP contribution in [0.3, 0.4) is 0 Å². The molecule has 4 nitrogen and oxygen atoms in total. The number of fused-ring (bicyclic) bond motifs is 1. The fraction of sp³-hybridized carbons (Fsp3) is 0.304. The van der Waals surface area contributed by atoms with E-state index in [0.717, 1.165) is 36.6 Å². The Morgan fingerprint density at radius 1 is 0.963 bits per heavy atom. The molecule has 0 unspecified atom stereocenters. The Kier molecular flexibility index (Phi) is 4.56. The summed E-state index contributed by atoms with van der Waals surface area (Å²) in [5.74, 6) is 1.64. The minimum absolute atomic E-state index is 0.00225. The van der Waals surface area contributed by atoms with Crippen LogP contribution in [0.1, 0.15) is 37.6 Å². The SMILES string of the molecule is CCc1cc(N2Cc3ccccc3CC2(C)C)nc(Nc2ccccc2)n1. The van der Waals surface area contributed by atoms with Gasteiger partial charge in [-0.2, -0.15) is 4.98 Å². The molecule has 0 amide bonds. The maximum absolute atomic E-state index is 4.87. The Morgan fingerprint density at radius 3 is 2.41 bits per heavy atom. The number of hydrogen-bond acceptors (Lipinski definition) is 4. The molecule has 0 fully saturated rings. The van der Waals surface area contributed by atoms with Crippen molar-refractivity contribution in [1.82, 2.24) is 9.97 Å². The predicted octanol–water partition coefficient (Wildman–Crippen LogP) is 5.12. The quantitative estimate of drug-likeness (QED) is 0.702. The van der Waals surface area contributed by atoms with Gasteiger partial charge in [0, 0.05) is 29.5 Å². The molecule has 1 aliphatic heterocycles. The molecule has 27 heavy (non-hydrogen) atoms. The summed E-state index contributed by atoms with van der Waals surface area (Å²) in [6.07, 6.45) is 1.89. The van der Waals surface area contributed by atoms with E-state index < -0.39 is 0 Å². The topological polar surface area (TPSA) is 41.1 Å². The minimum atomic E-state index is -0.00225. The highest BCUT2D eigenvalue weighted by Gasteiger charge is 2.33. The number of rotatable bonds is 4. The molecule has 4 rings (SSSR count). The van der Waals surface area contributed by atoms with Gasteiger partial charge < -0.3 is 10.2 Å². The Balaban J connectivity index is 1.71. The van der Waals surface area contributed by atoms with E-state index in [0.29, 0.717) is 5.95 Å². The molecule has 0 spiro atoms. The maximum atomic E-state index is 4.87. The highest BCUT2D eigenvalue weighted by Crippen LogP contribution is 2.34. The van der Waals surface area contributed by atoms with Crippen LogP contribution in [0.2, 0.25) is 0 Å². The van der Waals surface area contributed by atoms with Crippen molar-refractivity contribution in [3.63, 3.8) is 0 Å². The second kappa shape index (κ2) is 7.03. The van der Waals surface area contributed by atoms with Crippen molar-refractivity contribution in [3.05, 3.63) is 77.5 Å². The molecule has 1 N–H and O–H groups in total. The summed E-state index contributed by atoms with van der Waals surface area (Å²) in [6.45, 7) is 7.59. The van der Waals surface area contributed by atoms with Crippen LogP contribution in [-0.2, 0) is 19.4 Å². The second-order valence-corrected chi connectivity index (χ2v) is 7.73. The summed E-state index contributed by atoms with van der Waals surface area (Å²) in [5.41, 5.74) is 4.86. The first-order valence-electron chi connectivity index (χ1n) is 9.59. The van der Waals surface area contributed by atoms with Gasteiger partial charge in [-0.25, -0.2) is 4.98 Å². The minimum Gasteiger partial charge on any atom is -0.347 e. The summed E-state index contributed by atoms with van der Waals surface area (Å²) in [6, 6.07) is 20.9. The first-order chi connectivity index (χ1) is 13.0. The summed E-state index contributed by atoms with van der Waals surface area (Å²) in [7, 11) is 0. The van der Waals surface area contributed by atoms with Crippen LogP contribution in [0.15, 0.2) is 60.7 Å². The first-order valence-corrected chi connectivity index (χ1v) is 9.59. The van der Waals surface area contributed by atoms with Gasteiger partial charge in [-0.05, 0) is 49.9 Å². The van der Waals surface area contributed by atoms with Crippen molar-refractivity contribution < 1.29 is 0 Å². The van der Waals surface area contributed by atoms with E-state index in [1.54, 1.807) is 0 Å². The molecule has 2 aromatic carbocycles. The zero-order chi connectivity index (χ0) is 18.9. The smallest absolute Gasteiger partial charge is 0.229 e. The van der Waals surface area contributed by atoms with Gasteiger partial charge >= 0.3 is 0 Å². The first kappa shape index (κ1) is 17.5. The molecule has 0 aliphatic carbocycles. The highest BCUT2D eigenvalue weighted by atomic mass is 15.3. The number of nitrogens with zero attached hydrogens (tertiary/aromatic N) is 3. The lowest BCUT2D eigenvalue weighted by Crippen LogP contribution is -2.49. The number of benzene rings is 2. The van der Waals surface area contributed by atoms with E-state index in [2.05, 4.69) is 66.3 Å². The monoisotopic (exact) mass is 358 g/mol. The molecular formula is C23H26N4. The Labute approximate surface area is 161 Å². The Morgan fingerprint density at radius 2 is 1.67 bits per heavy atom. The third-order valence-electron chi connectivity index (χ3n) is 5.23. The van der Waals surface area contributed by atoms with E-state index in [1.807, 2.05) is 30.3 Å². The molecule has 4 heteroatoms. The second-order valence-electron chi connectivity index (χ2n) is 7.73. The maximum Gasteiger partial charge on any atom is 0.229 e. The molecule has 3 aromatic rings. The van der Waals surface area contributed by atoms with Crippen LogP contribution in [0.4, 0.5) is 17.5 Å². The van der Waals surface area contributed by atoms with E-state index in [4.69, 9.17) is 4.98 Å². The molecule has 1 aliphatic rings. The van der Waals surface area contributed by atoms with Crippen LogP contribution < -0.4 is 10.2 Å². The molecule has 0 atom stereocenters. The van der Waals surface area contributed by atoms with Gasteiger partial charge in [0.05, 0.1) is 0 Å². The summed E-state index contributed by atoms with van der Waals surface area (Å²) < 4.78 is 0. The number of aryl methyl sites for hydroxylation is 1. The average molecular weight is 358 g/mol. The van der Waals surface area contributed by atoms with Gasteiger partial charge in [0.15, 0.2) is 0 Å². The molecule has 0 saturated heterocycles. The van der Waals surface area contributed by atoms with Crippen molar-refractivity contribution in [2.45, 2.75) is 45.7 Å². The summed E-state index contributed by atoms with van der Waals surface area (Å²) in [4.78, 5) is 12.0. The van der Waals surface area contributed by atoms with Crippen molar-refractivity contribution in [1.29, 1.82) is 0 Å². The van der Waals surface area contributed by atoms with Crippen molar-refractivity contribution in [2.75, 3.05) is 10.2 Å². The van der Waals surface area contributed by atoms with E-state index in [1.165, 1.54) is 11.1 Å². The third-order valence-corrected chi connectivity index (χ3v) is 5.23. The molecular weight excluding hydrogens is 332 g/mol. The van der Waals surface area contributed by atoms with Crippen molar-refractivity contribution >= 4 is 17.5 Å². The lowest BCUT2D eigenvalue weighted by Gasteiger charge is -2.44. The van der Waals surface area contributed by atoms with Crippen molar-refractivity contribution in [2.24, 2.45) is 0 Å². The lowest BCUT2D eigenvalue weighted by atomic mass is 9.85. The Bertz CT molecular complexity index is 934. The van der Waals surface area contributed by atoms with Crippen LogP contribution in [-0.4, -0.2) is 15.5 Å². The summed E-state index contributed by atoms with van der Waals surface area (Å²) >= 11 is 0. The van der Waals surface area contributed by atoms with Crippen LogP contribution in [0.25, 0.3) is 0 Å². The lowest BCUT2D eigenvalue weighted by molar-refractivity contribution is 0.427. The van der Waals surface area contributed by atoms with Crippen LogP contribution >= 0.6 is 0 Å². The summed E-state index contributed by atoms with van der Waals surface area (Å²) in [5, 5.41) is 3.36. The van der Waals surface area contributed by atoms with Gasteiger partial charge in [-0.3, -0.25) is 0 Å². The van der Waals surface area contributed by atoms with E-state index in [9.17, 15) is 0 Å². The van der Waals surface area contributed by atoms with Gasteiger partial charge in [0.25, 0.3) is 0 Å². The van der Waals surface area contributed by atoms with Crippen LogP contribution in [0, 0.1) is 0 Å².